The standard InChI is InChI=1S/C9H20N2O/c1-8(6-10)11-4-2-9-3-5-12-7-9/h8-9,11H,2-7,10H2,1H3. The lowest BCUT2D eigenvalue weighted by molar-refractivity contribution is 0.184. The third-order valence-electron chi connectivity index (χ3n) is 2.42. The van der Waals surface area contributed by atoms with Gasteiger partial charge in [0, 0.05) is 25.8 Å². The van der Waals surface area contributed by atoms with Crippen LogP contribution in [0, 0.1) is 5.92 Å². The molecule has 0 aromatic carbocycles. The van der Waals surface area contributed by atoms with Crippen molar-refractivity contribution in [2.24, 2.45) is 11.7 Å². The van der Waals surface area contributed by atoms with E-state index < -0.39 is 0 Å². The lowest BCUT2D eigenvalue weighted by Gasteiger charge is -2.12. The van der Waals surface area contributed by atoms with E-state index in [0.717, 1.165) is 32.2 Å². The first-order valence-electron chi connectivity index (χ1n) is 4.84. The van der Waals surface area contributed by atoms with E-state index in [-0.39, 0.29) is 0 Å². The topological polar surface area (TPSA) is 47.3 Å². The van der Waals surface area contributed by atoms with Gasteiger partial charge in [0.2, 0.25) is 0 Å². The van der Waals surface area contributed by atoms with Crippen molar-refractivity contribution in [1.29, 1.82) is 0 Å². The molecule has 1 aliphatic rings. The summed E-state index contributed by atoms with van der Waals surface area (Å²) in [6.07, 6.45) is 2.46. The Morgan fingerprint density at radius 1 is 1.67 bits per heavy atom. The quantitative estimate of drug-likeness (QED) is 0.629. The van der Waals surface area contributed by atoms with E-state index in [1.54, 1.807) is 0 Å². The highest BCUT2D eigenvalue weighted by atomic mass is 16.5. The molecule has 1 fully saturated rings. The molecule has 1 saturated heterocycles. The Bertz CT molecular complexity index is 113. The van der Waals surface area contributed by atoms with Crippen molar-refractivity contribution in [3.05, 3.63) is 0 Å². The molecule has 0 spiro atoms. The summed E-state index contributed by atoms with van der Waals surface area (Å²) in [6.45, 7) is 5.83. The van der Waals surface area contributed by atoms with Crippen LogP contribution in [0.2, 0.25) is 0 Å². The average molecular weight is 172 g/mol. The molecule has 1 aliphatic heterocycles. The summed E-state index contributed by atoms with van der Waals surface area (Å²) in [5.74, 6) is 0.780. The highest BCUT2D eigenvalue weighted by Gasteiger charge is 2.14. The molecule has 0 bridgehead atoms. The molecule has 0 radical (unpaired) electrons. The van der Waals surface area contributed by atoms with E-state index in [4.69, 9.17) is 10.5 Å². The molecule has 0 amide bonds. The number of rotatable bonds is 5. The van der Waals surface area contributed by atoms with Crippen LogP contribution >= 0.6 is 0 Å². The molecular formula is C9H20N2O. The molecule has 0 aromatic rings. The van der Waals surface area contributed by atoms with Gasteiger partial charge in [0.25, 0.3) is 0 Å². The first-order chi connectivity index (χ1) is 5.83. The van der Waals surface area contributed by atoms with Crippen molar-refractivity contribution in [1.82, 2.24) is 5.32 Å². The van der Waals surface area contributed by atoms with Crippen LogP contribution in [0.15, 0.2) is 0 Å². The minimum atomic E-state index is 0.451. The zero-order chi connectivity index (χ0) is 8.81. The molecule has 3 N–H and O–H groups in total. The maximum Gasteiger partial charge on any atom is 0.0495 e. The summed E-state index contributed by atoms with van der Waals surface area (Å²) in [5, 5.41) is 3.38. The first-order valence-corrected chi connectivity index (χ1v) is 4.84. The normalized spacial score (nSPS) is 26.0. The highest BCUT2D eigenvalue weighted by Crippen LogP contribution is 2.15. The predicted octanol–water partition coefficient (Wildman–Crippen LogP) is 0.350. The van der Waals surface area contributed by atoms with Crippen LogP contribution in [0.25, 0.3) is 0 Å². The molecule has 72 valence electrons. The number of hydrogen-bond donors (Lipinski definition) is 2. The van der Waals surface area contributed by atoms with E-state index in [1.807, 2.05) is 0 Å². The van der Waals surface area contributed by atoms with Gasteiger partial charge in [-0.3, -0.25) is 0 Å². The lowest BCUT2D eigenvalue weighted by Crippen LogP contribution is -2.34. The smallest absolute Gasteiger partial charge is 0.0495 e. The van der Waals surface area contributed by atoms with Gasteiger partial charge in [0.15, 0.2) is 0 Å². The van der Waals surface area contributed by atoms with E-state index in [1.165, 1.54) is 12.8 Å². The fourth-order valence-electron chi connectivity index (χ4n) is 1.43. The van der Waals surface area contributed by atoms with Crippen LogP contribution in [0.1, 0.15) is 19.8 Å². The second-order valence-electron chi connectivity index (χ2n) is 3.61. The summed E-state index contributed by atoms with van der Waals surface area (Å²) in [6, 6.07) is 0.451. The summed E-state index contributed by atoms with van der Waals surface area (Å²) < 4.78 is 5.29. The fraction of sp³-hybridized carbons (Fsp3) is 1.00. The second-order valence-corrected chi connectivity index (χ2v) is 3.61. The number of hydrogen-bond acceptors (Lipinski definition) is 3. The van der Waals surface area contributed by atoms with Gasteiger partial charge in [-0.1, -0.05) is 0 Å². The molecule has 1 rings (SSSR count). The van der Waals surface area contributed by atoms with Crippen molar-refractivity contribution in [3.8, 4) is 0 Å². The van der Waals surface area contributed by atoms with E-state index >= 15 is 0 Å². The first kappa shape index (κ1) is 9.96. The van der Waals surface area contributed by atoms with Crippen LogP contribution in [-0.4, -0.2) is 32.3 Å². The van der Waals surface area contributed by atoms with Crippen molar-refractivity contribution in [2.75, 3.05) is 26.3 Å². The molecule has 12 heavy (non-hydrogen) atoms. The third kappa shape index (κ3) is 3.52. The average Bonchev–Trinajstić information content (AvgIpc) is 2.57. The molecule has 1 heterocycles. The van der Waals surface area contributed by atoms with E-state index in [9.17, 15) is 0 Å². The van der Waals surface area contributed by atoms with Gasteiger partial charge in [0.1, 0.15) is 0 Å². The monoisotopic (exact) mass is 172 g/mol. The number of nitrogens with one attached hydrogen (secondary N) is 1. The van der Waals surface area contributed by atoms with Gasteiger partial charge in [-0.05, 0) is 32.2 Å². The summed E-state index contributed by atoms with van der Waals surface area (Å²) in [4.78, 5) is 0. The van der Waals surface area contributed by atoms with Crippen LogP contribution in [0.4, 0.5) is 0 Å². The van der Waals surface area contributed by atoms with Crippen LogP contribution in [-0.2, 0) is 4.74 Å². The van der Waals surface area contributed by atoms with Crippen molar-refractivity contribution in [2.45, 2.75) is 25.8 Å². The maximum absolute atomic E-state index is 5.48. The highest BCUT2D eigenvalue weighted by molar-refractivity contribution is 4.67. The Morgan fingerprint density at radius 2 is 2.50 bits per heavy atom. The number of ether oxygens (including phenoxy) is 1. The lowest BCUT2D eigenvalue weighted by atomic mass is 10.1. The van der Waals surface area contributed by atoms with Crippen molar-refractivity contribution >= 4 is 0 Å². The van der Waals surface area contributed by atoms with Gasteiger partial charge < -0.3 is 15.8 Å². The van der Waals surface area contributed by atoms with Gasteiger partial charge in [-0.15, -0.1) is 0 Å². The van der Waals surface area contributed by atoms with Gasteiger partial charge >= 0.3 is 0 Å². The van der Waals surface area contributed by atoms with Crippen LogP contribution in [0.3, 0.4) is 0 Å². The molecule has 2 unspecified atom stereocenters. The van der Waals surface area contributed by atoms with Gasteiger partial charge in [0.05, 0.1) is 0 Å². The van der Waals surface area contributed by atoms with Gasteiger partial charge in [-0.2, -0.15) is 0 Å². The molecule has 3 heteroatoms. The zero-order valence-electron chi connectivity index (χ0n) is 7.88. The summed E-state index contributed by atoms with van der Waals surface area (Å²) >= 11 is 0. The van der Waals surface area contributed by atoms with E-state index in [0.29, 0.717) is 6.04 Å². The Morgan fingerprint density at radius 3 is 3.08 bits per heavy atom. The maximum atomic E-state index is 5.48. The van der Waals surface area contributed by atoms with Crippen molar-refractivity contribution in [3.63, 3.8) is 0 Å². The number of nitrogens with two attached hydrogens (primary N) is 1. The molecule has 0 aliphatic carbocycles. The molecule has 2 atom stereocenters. The molecular weight excluding hydrogens is 152 g/mol. The minimum Gasteiger partial charge on any atom is -0.381 e. The molecule has 0 aromatic heterocycles. The predicted molar refractivity (Wildman–Crippen MR) is 50.1 cm³/mol. The Labute approximate surface area is 74.7 Å². The summed E-state index contributed by atoms with van der Waals surface area (Å²) in [7, 11) is 0. The fourth-order valence-corrected chi connectivity index (χ4v) is 1.43. The SMILES string of the molecule is CC(CN)NCCC1CCOC1. The largest absolute Gasteiger partial charge is 0.381 e. The summed E-state index contributed by atoms with van der Waals surface area (Å²) in [5.41, 5.74) is 5.48. The van der Waals surface area contributed by atoms with Gasteiger partial charge in [-0.25, -0.2) is 0 Å². The van der Waals surface area contributed by atoms with E-state index in [2.05, 4.69) is 12.2 Å². The Hall–Kier alpha value is -0.120. The zero-order valence-corrected chi connectivity index (χ0v) is 7.88. The third-order valence-corrected chi connectivity index (χ3v) is 2.42. The molecule has 3 nitrogen and oxygen atoms in total. The molecule has 0 saturated carbocycles. The van der Waals surface area contributed by atoms with Crippen LogP contribution < -0.4 is 11.1 Å². The Balaban J connectivity index is 1.94. The van der Waals surface area contributed by atoms with Crippen molar-refractivity contribution < 1.29 is 4.74 Å². The Kier molecular flexibility index (Phi) is 4.58. The van der Waals surface area contributed by atoms with Crippen LogP contribution in [0.5, 0.6) is 0 Å². The second kappa shape index (κ2) is 5.51. The minimum absolute atomic E-state index is 0.451.